The van der Waals surface area contributed by atoms with E-state index in [0.717, 1.165) is 12.1 Å². The van der Waals surface area contributed by atoms with Gasteiger partial charge < -0.3 is 19.6 Å². The van der Waals surface area contributed by atoms with Crippen LogP contribution in [0.15, 0.2) is 29.0 Å². The van der Waals surface area contributed by atoms with E-state index in [-0.39, 0.29) is 12.6 Å². The largest absolute Gasteiger partial charge is 0.338 e. The fourth-order valence-corrected chi connectivity index (χ4v) is 2.30. The first-order valence-corrected chi connectivity index (χ1v) is 7.82. The van der Waals surface area contributed by atoms with Crippen LogP contribution >= 0.6 is 0 Å². The van der Waals surface area contributed by atoms with Crippen molar-refractivity contribution in [2.45, 2.75) is 13.5 Å². The first kappa shape index (κ1) is 17.9. The van der Waals surface area contributed by atoms with E-state index in [4.69, 9.17) is 4.52 Å². The average Bonchev–Trinajstić information content (AvgIpc) is 3.01. The first-order chi connectivity index (χ1) is 11.5. The zero-order chi connectivity index (χ0) is 17.5. The number of hydrogen-bond donors (Lipinski definition) is 1. The number of hydrogen-bond acceptors (Lipinski definition) is 6. The molecule has 24 heavy (non-hydrogen) atoms. The molecule has 0 saturated carbocycles. The van der Waals surface area contributed by atoms with Crippen LogP contribution in [-0.4, -0.2) is 65.2 Å². The third-order valence-electron chi connectivity index (χ3n) is 3.40. The van der Waals surface area contributed by atoms with Crippen LogP contribution in [0.4, 0.5) is 4.79 Å². The van der Waals surface area contributed by atoms with Gasteiger partial charge in [0.05, 0.1) is 0 Å². The predicted molar refractivity (Wildman–Crippen MR) is 90.1 cm³/mol. The van der Waals surface area contributed by atoms with E-state index in [2.05, 4.69) is 32.3 Å². The Morgan fingerprint density at radius 3 is 2.67 bits per heavy atom. The molecule has 0 aliphatic rings. The molecular formula is C16H24N6O2. The number of carbonyl (C=O) groups is 1. The lowest BCUT2D eigenvalue weighted by molar-refractivity contribution is 0.196. The number of rotatable bonds is 7. The summed E-state index contributed by atoms with van der Waals surface area (Å²) >= 11 is 0. The highest BCUT2D eigenvalue weighted by Crippen LogP contribution is 2.14. The minimum atomic E-state index is -0.163. The predicted octanol–water partition coefficient (Wildman–Crippen LogP) is 1.47. The number of carbonyl (C=O) groups excluding carboxylic acids is 1. The third kappa shape index (κ3) is 5.31. The fraction of sp³-hybridized carbons (Fsp3) is 0.500. The van der Waals surface area contributed by atoms with Gasteiger partial charge in [0.25, 0.3) is 0 Å². The Morgan fingerprint density at radius 2 is 2.00 bits per heavy atom. The summed E-state index contributed by atoms with van der Waals surface area (Å²) in [5.41, 5.74) is 0.824. The molecule has 0 saturated heterocycles. The molecule has 8 nitrogen and oxygen atoms in total. The van der Waals surface area contributed by atoms with Crippen molar-refractivity contribution >= 4 is 6.03 Å². The van der Waals surface area contributed by atoms with E-state index in [1.54, 1.807) is 31.6 Å². The molecule has 0 aromatic carbocycles. The summed E-state index contributed by atoms with van der Waals surface area (Å²) in [6.45, 7) is 3.89. The van der Waals surface area contributed by atoms with Crippen molar-refractivity contribution in [3.8, 4) is 11.4 Å². The molecule has 2 aromatic rings. The molecular weight excluding hydrogens is 308 g/mol. The Morgan fingerprint density at radius 1 is 1.29 bits per heavy atom. The van der Waals surface area contributed by atoms with Gasteiger partial charge in [0.1, 0.15) is 6.54 Å². The number of pyridine rings is 1. The van der Waals surface area contributed by atoms with Gasteiger partial charge in [-0.15, -0.1) is 0 Å². The molecule has 8 heteroatoms. The molecule has 2 rings (SSSR count). The minimum absolute atomic E-state index is 0.163. The molecule has 0 fully saturated rings. The van der Waals surface area contributed by atoms with E-state index < -0.39 is 0 Å². The molecule has 0 radical (unpaired) electrons. The maximum absolute atomic E-state index is 12.1. The molecule has 0 aliphatic heterocycles. The van der Waals surface area contributed by atoms with Crippen LogP contribution in [0.2, 0.25) is 0 Å². The van der Waals surface area contributed by atoms with Gasteiger partial charge in [-0.25, -0.2) is 4.79 Å². The van der Waals surface area contributed by atoms with Crippen LogP contribution < -0.4 is 5.32 Å². The summed E-state index contributed by atoms with van der Waals surface area (Å²) in [6, 6.07) is 3.44. The Balaban J connectivity index is 1.85. The summed E-state index contributed by atoms with van der Waals surface area (Å²) in [6.07, 6.45) is 3.33. The highest BCUT2D eigenvalue weighted by molar-refractivity contribution is 5.73. The van der Waals surface area contributed by atoms with Crippen LogP contribution in [0.1, 0.15) is 12.8 Å². The molecule has 0 aliphatic carbocycles. The second-order valence-corrected chi connectivity index (χ2v) is 6.16. The van der Waals surface area contributed by atoms with Crippen molar-refractivity contribution < 1.29 is 9.32 Å². The van der Waals surface area contributed by atoms with Crippen molar-refractivity contribution in [3.63, 3.8) is 0 Å². The lowest BCUT2D eigenvalue weighted by Gasteiger charge is -2.20. The fourth-order valence-electron chi connectivity index (χ4n) is 2.30. The Kier molecular flexibility index (Phi) is 6.25. The van der Waals surface area contributed by atoms with Crippen LogP contribution in [0.25, 0.3) is 11.4 Å². The van der Waals surface area contributed by atoms with E-state index in [0.29, 0.717) is 24.2 Å². The average molecular weight is 332 g/mol. The lowest BCUT2D eigenvalue weighted by Crippen LogP contribution is -2.40. The van der Waals surface area contributed by atoms with Crippen molar-refractivity contribution in [3.05, 3.63) is 30.4 Å². The number of aromatic nitrogens is 3. The standard InChI is InChI=1S/C16H24N6O2/c1-12(10-21(2)3)9-18-16(23)22(4)11-14-19-15(20-24-14)13-5-7-17-8-6-13/h5-8,12H,9-11H2,1-4H3,(H,18,23). The van der Waals surface area contributed by atoms with E-state index in [1.807, 2.05) is 14.1 Å². The number of nitrogens with one attached hydrogen (secondary N) is 1. The third-order valence-corrected chi connectivity index (χ3v) is 3.40. The van der Waals surface area contributed by atoms with Gasteiger partial charge in [-0.05, 0) is 32.1 Å². The van der Waals surface area contributed by atoms with Crippen LogP contribution in [0, 0.1) is 5.92 Å². The van der Waals surface area contributed by atoms with Gasteiger partial charge >= 0.3 is 6.03 Å². The van der Waals surface area contributed by atoms with E-state index >= 15 is 0 Å². The molecule has 1 atom stereocenters. The van der Waals surface area contributed by atoms with Crippen molar-refractivity contribution in [1.82, 2.24) is 30.2 Å². The molecule has 0 bridgehead atoms. The summed E-state index contributed by atoms with van der Waals surface area (Å²) in [7, 11) is 5.73. The molecule has 2 heterocycles. The van der Waals surface area contributed by atoms with Gasteiger partial charge in [0.2, 0.25) is 11.7 Å². The van der Waals surface area contributed by atoms with Crippen LogP contribution in [-0.2, 0) is 6.54 Å². The molecule has 2 amide bonds. The second-order valence-electron chi connectivity index (χ2n) is 6.16. The minimum Gasteiger partial charge on any atom is -0.338 e. The van der Waals surface area contributed by atoms with Crippen molar-refractivity contribution in [2.75, 3.05) is 34.2 Å². The van der Waals surface area contributed by atoms with Crippen molar-refractivity contribution in [2.24, 2.45) is 5.92 Å². The molecule has 2 aromatic heterocycles. The Hall–Kier alpha value is -2.48. The normalized spacial score (nSPS) is 12.2. The van der Waals surface area contributed by atoms with Crippen LogP contribution in [0.3, 0.4) is 0 Å². The van der Waals surface area contributed by atoms with Gasteiger partial charge in [0.15, 0.2) is 0 Å². The quantitative estimate of drug-likeness (QED) is 0.826. The molecule has 1 N–H and O–H groups in total. The summed E-state index contributed by atoms with van der Waals surface area (Å²) in [5, 5.41) is 6.84. The lowest BCUT2D eigenvalue weighted by atomic mass is 10.2. The van der Waals surface area contributed by atoms with Gasteiger partial charge in [-0.2, -0.15) is 4.98 Å². The first-order valence-electron chi connectivity index (χ1n) is 7.82. The maximum Gasteiger partial charge on any atom is 0.317 e. The maximum atomic E-state index is 12.1. The second kappa shape index (κ2) is 8.39. The molecule has 1 unspecified atom stereocenters. The smallest absolute Gasteiger partial charge is 0.317 e. The molecule has 0 spiro atoms. The SMILES string of the molecule is CC(CNC(=O)N(C)Cc1nc(-c2ccncc2)no1)CN(C)C. The molecule has 130 valence electrons. The van der Waals surface area contributed by atoms with Gasteiger partial charge in [0, 0.05) is 38.1 Å². The highest BCUT2D eigenvalue weighted by atomic mass is 16.5. The summed E-state index contributed by atoms with van der Waals surface area (Å²) < 4.78 is 5.21. The number of nitrogens with zero attached hydrogens (tertiary/aromatic N) is 5. The highest BCUT2D eigenvalue weighted by Gasteiger charge is 2.15. The van der Waals surface area contributed by atoms with Crippen molar-refractivity contribution in [1.29, 1.82) is 0 Å². The Labute approximate surface area is 141 Å². The zero-order valence-electron chi connectivity index (χ0n) is 14.6. The summed E-state index contributed by atoms with van der Waals surface area (Å²) in [5.74, 6) is 1.25. The van der Waals surface area contributed by atoms with Crippen LogP contribution in [0.5, 0.6) is 0 Å². The number of amides is 2. The van der Waals surface area contributed by atoms with Gasteiger partial charge in [-0.3, -0.25) is 4.98 Å². The zero-order valence-corrected chi connectivity index (χ0v) is 14.6. The topological polar surface area (TPSA) is 87.4 Å². The van der Waals surface area contributed by atoms with E-state index in [9.17, 15) is 4.79 Å². The monoisotopic (exact) mass is 332 g/mol. The van der Waals surface area contributed by atoms with Gasteiger partial charge in [-0.1, -0.05) is 12.1 Å². The Bertz CT molecular complexity index is 643. The van der Waals surface area contributed by atoms with E-state index in [1.165, 1.54) is 4.90 Å². The number of urea groups is 1. The summed E-state index contributed by atoms with van der Waals surface area (Å²) in [4.78, 5) is 24.0.